The molecule has 7 nitrogen and oxygen atoms in total. The second-order valence-corrected chi connectivity index (χ2v) is 5.17. The first-order valence-electron chi connectivity index (χ1n) is 7.75. The van der Waals surface area contributed by atoms with Crippen molar-refractivity contribution in [3.8, 4) is 11.5 Å². The molecule has 0 unspecified atom stereocenters. The maximum atomic E-state index is 12.9. The smallest absolute Gasteiger partial charge is 0.338 e. The number of aromatic nitrogens is 2. The quantitative estimate of drug-likeness (QED) is 0.706. The van der Waals surface area contributed by atoms with Crippen molar-refractivity contribution in [1.82, 2.24) is 10.2 Å². The molecule has 3 rings (SSSR count). The molecule has 26 heavy (non-hydrogen) atoms. The molecular formula is C18H14FN3O4. The molecule has 0 aliphatic heterocycles. The molecule has 0 radical (unpaired) electrons. The number of nitrogens with zero attached hydrogens (tertiary/aromatic N) is 2. The minimum atomic E-state index is -0.602. The fourth-order valence-electron chi connectivity index (χ4n) is 2.11. The summed E-state index contributed by atoms with van der Waals surface area (Å²) in [6.07, 6.45) is 0. The average molecular weight is 355 g/mol. The number of amides is 1. The number of hydrogen-bond donors (Lipinski definition) is 1. The third kappa shape index (κ3) is 3.92. The van der Waals surface area contributed by atoms with Crippen molar-refractivity contribution in [2.24, 2.45) is 0 Å². The van der Waals surface area contributed by atoms with Crippen LogP contribution < -0.4 is 5.32 Å². The zero-order chi connectivity index (χ0) is 18.5. The zero-order valence-electron chi connectivity index (χ0n) is 13.7. The topological polar surface area (TPSA) is 94.3 Å². The number of halogens is 1. The molecule has 1 N–H and O–H groups in total. The van der Waals surface area contributed by atoms with E-state index in [1.54, 1.807) is 19.1 Å². The maximum Gasteiger partial charge on any atom is 0.338 e. The van der Waals surface area contributed by atoms with Crippen LogP contribution in [0.1, 0.15) is 28.0 Å². The fourth-order valence-corrected chi connectivity index (χ4v) is 2.11. The summed E-state index contributed by atoms with van der Waals surface area (Å²) in [6, 6.07) is 11.6. The summed E-state index contributed by atoms with van der Waals surface area (Å²) in [5.41, 5.74) is 1.32. The van der Waals surface area contributed by atoms with Crippen LogP contribution in [0.3, 0.4) is 0 Å². The van der Waals surface area contributed by atoms with Crippen molar-refractivity contribution in [3.05, 3.63) is 65.8 Å². The van der Waals surface area contributed by atoms with Gasteiger partial charge in [-0.15, -0.1) is 10.2 Å². The van der Waals surface area contributed by atoms with Gasteiger partial charge in [0.1, 0.15) is 5.82 Å². The second kappa shape index (κ2) is 7.56. The van der Waals surface area contributed by atoms with Crippen molar-refractivity contribution in [2.75, 3.05) is 11.9 Å². The van der Waals surface area contributed by atoms with Gasteiger partial charge in [0.25, 0.3) is 0 Å². The van der Waals surface area contributed by atoms with E-state index in [9.17, 15) is 14.0 Å². The predicted octanol–water partition coefficient (Wildman–Crippen LogP) is 3.30. The van der Waals surface area contributed by atoms with E-state index in [2.05, 4.69) is 15.5 Å². The first-order chi connectivity index (χ1) is 12.6. The van der Waals surface area contributed by atoms with Gasteiger partial charge in [0.15, 0.2) is 0 Å². The van der Waals surface area contributed by atoms with Crippen molar-refractivity contribution < 1.29 is 23.1 Å². The van der Waals surface area contributed by atoms with Crippen LogP contribution in [0.2, 0.25) is 0 Å². The van der Waals surface area contributed by atoms with E-state index in [0.29, 0.717) is 16.8 Å². The second-order valence-electron chi connectivity index (χ2n) is 5.17. The van der Waals surface area contributed by atoms with Crippen LogP contribution in [0.25, 0.3) is 11.5 Å². The summed E-state index contributed by atoms with van der Waals surface area (Å²) in [4.78, 5) is 23.8. The van der Waals surface area contributed by atoms with Crippen LogP contribution >= 0.6 is 0 Å². The Morgan fingerprint density at radius 2 is 1.77 bits per heavy atom. The number of ether oxygens (including phenoxy) is 1. The van der Waals surface area contributed by atoms with Crippen LogP contribution in [0.5, 0.6) is 0 Å². The lowest BCUT2D eigenvalue weighted by atomic mass is 10.2. The first-order valence-corrected chi connectivity index (χ1v) is 7.75. The summed E-state index contributed by atoms with van der Waals surface area (Å²) in [7, 11) is 0. The summed E-state index contributed by atoms with van der Waals surface area (Å²) < 4.78 is 23.1. The molecule has 8 heteroatoms. The summed E-state index contributed by atoms with van der Waals surface area (Å²) in [6.45, 7) is 2.00. The Morgan fingerprint density at radius 1 is 1.08 bits per heavy atom. The Hall–Kier alpha value is -3.55. The molecule has 1 aromatic heterocycles. The van der Waals surface area contributed by atoms with Crippen LogP contribution in [0.4, 0.5) is 10.1 Å². The van der Waals surface area contributed by atoms with Crippen molar-refractivity contribution in [3.63, 3.8) is 0 Å². The van der Waals surface area contributed by atoms with Gasteiger partial charge in [-0.3, -0.25) is 4.79 Å². The molecule has 3 aromatic rings. The van der Waals surface area contributed by atoms with E-state index >= 15 is 0 Å². The normalized spacial score (nSPS) is 10.4. The van der Waals surface area contributed by atoms with Crippen molar-refractivity contribution >= 4 is 17.6 Å². The highest BCUT2D eigenvalue weighted by Gasteiger charge is 2.16. The molecule has 2 aromatic carbocycles. The number of esters is 1. The molecule has 0 saturated carbocycles. The largest absolute Gasteiger partial charge is 0.462 e. The minimum absolute atomic E-state index is 0.104. The van der Waals surface area contributed by atoms with Gasteiger partial charge in [0.2, 0.25) is 5.89 Å². The van der Waals surface area contributed by atoms with E-state index in [4.69, 9.17) is 9.15 Å². The van der Waals surface area contributed by atoms with E-state index in [1.165, 1.54) is 36.4 Å². The third-order valence-electron chi connectivity index (χ3n) is 3.36. The van der Waals surface area contributed by atoms with Gasteiger partial charge in [0.05, 0.1) is 12.2 Å². The first kappa shape index (κ1) is 17.3. The van der Waals surface area contributed by atoms with Gasteiger partial charge < -0.3 is 14.5 Å². The van der Waals surface area contributed by atoms with Gasteiger partial charge in [-0.25, -0.2) is 9.18 Å². The highest BCUT2D eigenvalue weighted by atomic mass is 19.1. The van der Waals surface area contributed by atoms with E-state index in [-0.39, 0.29) is 18.4 Å². The zero-order valence-corrected chi connectivity index (χ0v) is 13.7. The number of hydrogen-bond acceptors (Lipinski definition) is 6. The molecule has 0 aliphatic carbocycles. The Balaban J connectivity index is 1.68. The SMILES string of the molecule is CCOC(=O)c1ccc(NC(=O)c2nnc(-c3ccc(F)cc3)o2)cc1. The van der Waals surface area contributed by atoms with E-state index in [0.717, 1.165) is 0 Å². The fraction of sp³-hybridized carbons (Fsp3) is 0.111. The molecule has 0 saturated heterocycles. The van der Waals surface area contributed by atoms with Gasteiger partial charge in [-0.1, -0.05) is 0 Å². The molecule has 0 aliphatic rings. The lowest BCUT2D eigenvalue weighted by Gasteiger charge is -2.04. The highest BCUT2D eigenvalue weighted by molar-refractivity contribution is 6.01. The van der Waals surface area contributed by atoms with E-state index < -0.39 is 17.7 Å². The molecule has 0 atom stereocenters. The number of anilines is 1. The average Bonchev–Trinajstić information content (AvgIpc) is 3.13. The molecule has 132 valence electrons. The highest BCUT2D eigenvalue weighted by Crippen LogP contribution is 2.19. The minimum Gasteiger partial charge on any atom is -0.462 e. The summed E-state index contributed by atoms with van der Waals surface area (Å²) >= 11 is 0. The Kier molecular flexibility index (Phi) is 5.02. The van der Waals surface area contributed by atoms with Crippen molar-refractivity contribution in [1.29, 1.82) is 0 Å². The predicted molar refractivity (Wildman–Crippen MR) is 90.0 cm³/mol. The monoisotopic (exact) mass is 355 g/mol. The number of nitrogens with one attached hydrogen (secondary N) is 1. The van der Waals surface area contributed by atoms with Gasteiger partial charge >= 0.3 is 17.8 Å². The Morgan fingerprint density at radius 3 is 2.42 bits per heavy atom. The Bertz CT molecular complexity index is 920. The van der Waals surface area contributed by atoms with Crippen LogP contribution in [-0.4, -0.2) is 28.7 Å². The van der Waals surface area contributed by atoms with Gasteiger partial charge in [0, 0.05) is 11.3 Å². The van der Waals surface area contributed by atoms with Gasteiger partial charge in [-0.2, -0.15) is 0 Å². The number of carbonyl (C=O) groups is 2. The standard InChI is InChI=1S/C18H14FN3O4/c1-2-25-18(24)12-5-9-14(10-6-12)20-15(23)17-22-21-16(26-17)11-3-7-13(19)8-4-11/h3-10H,2H2,1H3,(H,20,23). The summed E-state index contributed by atoms with van der Waals surface area (Å²) in [5, 5.41) is 10.0. The van der Waals surface area contributed by atoms with E-state index in [1.807, 2.05) is 0 Å². The number of rotatable bonds is 5. The molecule has 0 fully saturated rings. The molecule has 0 bridgehead atoms. The number of benzene rings is 2. The lowest BCUT2D eigenvalue weighted by Crippen LogP contribution is -2.12. The maximum absolute atomic E-state index is 12.9. The molecular weight excluding hydrogens is 341 g/mol. The Labute approximate surface area is 147 Å². The van der Waals surface area contributed by atoms with Crippen LogP contribution in [-0.2, 0) is 4.74 Å². The number of carbonyl (C=O) groups excluding carboxylic acids is 2. The van der Waals surface area contributed by atoms with Crippen molar-refractivity contribution in [2.45, 2.75) is 6.92 Å². The summed E-state index contributed by atoms with van der Waals surface area (Å²) in [5.74, 6) is -1.56. The molecule has 1 heterocycles. The molecule has 0 spiro atoms. The van der Waals surface area contributed by atoms with Crippen LogP contribution in [0, 0.1) is 5.82 Å². The molecule has 1 amide bonds. The third-order valence-corrected chi connectivity index (χ3v) is 3.36. The lowest BCUT2D eigenvalue weighted by molar-refractivity contribution is 0.0526. The van der Waals surface area contributed by atoms with Gasteiger partial charge in [-0.05, 0) is 55.5 Å². The van der Waals surface area contributed by atoms with Crippen LogP contribution in [0.15, 0.2) is 52.9 Å².